The first kappa shape index (κ1) is 14.1. The Labute approximate surface area is 128 Å². The fourth-order valence-corrected chi connectivity index (χ4v) is 3.69. The summed E-state index contributed by atoms with van der Waals surface area (Å²) in [6.07, 6.45) is 0. The maximum absolute atomic E-state index is 5.88. The third-order valence-corrected chi connectivity index (χ3v) is 5.60. The fraction of sp³-hybridized carbons (Fsp3) is 0.231. The Morgan fingerprint density at radius 3 is 2.56 bits per heavy atom. The van der Waals surface area contributed by atoms with Gasteiger partial charge >= 0.3 is 0 Å². The Balaban J connectivity index is 2.22. The maximum Gasteiger partial charge on any atom is 0.0729 e. The number of hydrogen-bond donors (Lipinski definition) is 2. The molecule has 0 bridgehead atoms. The van der Waals surface area contributed by atoms with Crippen LogP contribution in [0.25, 0.3) is 0 Å². The number of para-hydroxylation sites is 1. The van der Waals surface area contributed by atoms with E-state index >= 15 is 0 Å². The fourth-order valence-electron chi connectivity index (χ4n) is 1.67. The summed E-state index contributed by atoms with van der Waals surface area (Å²) in [5.41, 5.74) is 6.94. The number of thiophene rings is 1. The molecular formula is C13H14Br2N2S. The van der Waals surface area contributed by atoms with E-state index in [0.29, 0.717) is 6.54 Å². The number of rotatable bonds is 4. The lowest BCUT2D eigenvalue weighted by atomic mass is 10.2. The maximum atomic E-state index is 5.88. The van der Waals surface area contributed by atoms with Gasteiger partial charge in [0.2, 0.25) is 0 Å². The van der Waals surface area contributed by atoms with E-state index in [-0.39, 0.29) is 6.04 Å². The lowest BCUT2D eigenvalue weighted by Gasteiger charge is -2.17. The van der Waals surface area contributed by atoms with Gasteiger partial charge in [0.05, 0.1) is 6.04 Å². The zero-order valence-corrected chi connectivity index (χ0v) is 13.9. The molecule has 0 aliphatic rings. The second-order valence-corrected chi connectivity index (χ2v) is 6.96. The standard InChI is InChI=1S/C13H14Br2N2S/c1-8-10(15)6-13(18-8)12(7-16)17-11-5-3-2-4-9(11)14/h2-6,12,17H,7,16H2,1H3. The molecule has 0 aliphatic carbocycles. The predicted octanol–water partition coefficient (Wildman–Crippen LogP) is 4.69. The molecule has 3 N–H and O–H groups in total. The highest BCUT2D eigenvalue weighted by Gasteiger charge is 2.14. The van der Waals surface area contributed by atoms with Crippen molar-refractivity contribution in [2.75, 3.05) is 11.9 Å². The summed E-state index contributed by atoms with van der Waals surface area (Å²) in [5, 5.41) is 3.47. The highest BCUT2D eigenvalue weighted by Crippen LogP contribution is 2.33. The number of nitrogens with two attached hydrogens (primary N) is 1. The van der Waals surface area contributed by atoms with Gasteiger partial charge in [0, 0.05) is 30.9 Å². The average Bonchev–Trinajstić information content (AvgIpc) is 2.68. The van der Waals surface area contributed by atoms with E-state index in [1.807, 2.05) is 24.3 Å². The van der Waals surface area contributed by atoms with Crippen molar-refractivity contribution in [1.29, 1.82) is 0 Å². The molecule has 5 heteroatoms. The Morgan fingerprint density at radius 2 is 2.00 bits per heavy atom. The van der Waals surface area contributed by atoms with Gasteiger partial charge in [-0.3, -0.25) is 0 Å². The highest BCUT2D eigenvalue weighted by atomic mass is 79.9. The van der Waals surface area contributed by atoms with E-state index in [0.717, 1.165) is 14.6 Å². The van der Waals surface area contributed by atoms with Gasteiger partial charge in [-0.25, -0.2) is 0 Å². The number of halogens is 2. The molecule has 0 amide bonds. The second kappa shape index (κ2) is 6.19. The Bertz CT molecular complexity index is 520. The van der Waals surface area contributed by atoms with Crippen LogP contribution in [0.5, 0.6) is 0 Å². The Morgan fingerprint density at radius 1 is 1.28 bits per heavy atom. The van der Waals surface area contributed by atoms with Crippen molar-refractivity contribution in [3.8, 4) is 0 Å². The van der Waals surface area contributed by atoms with Gasteiger partial charge in [-0.2, -0.15) is 0 Å². The molecule has 0 radical (unpaired) electrons. The van der Waals surface area contributed by atoms with Crippen LogP contribution in [0, 0.1) is 6.92 Å². The largest absolute Gasteiger partial charge is 0.375 e. The molecule has 2 nitrogen and oxygen atoms in total. The molecule has 1 atom stereocenters. The molecule has 96 valence electrons. The van der Waals surface area contributed by atoms with Crippen LogP contribution in [0.3, 0.4) is 0 Å². The quantitative estimate of drug-likeness (QED) is 0.795. The number of nitrogens with one attached hydrogen (secondary N) is 1. The van der Waals surface area contributed by atoms with E-state index in [4.69, 9.17) is 5.73 Å². The number of hydrogen-bond acceptors (Lipinski definition) is 3. The third-order valence-electron chi connectivity index (χ3n) is 2.66. The van der Waals surface area contributed by atoms with Crippen molar-refractivity contribution >= 4 is 48.9 Å². The van der Waals surface area contributed by atoms with E-state index in [1.165, 1.54) is 9.75 Å². The molecule has 0 saturated carbocycles. The zero-order valence-electron chi connectivity index (χ0n) is 9.91. The minimum Gasteiger partial charge on any atom is -0.375 e. The van der Waals surface area contributed by atoms with Crippen LogP contribution >= 0.6 is 43.2 Å². The van der Waals surface area contributed by atoms with Crippen molar-refractivity contribution in [2.24, 2.45) is 5.73 Å². The highest BCUT2D eigenvalue weighted by molar-refractivity contribution is 9.11. The molecule has 0 saturated heterocycles. The second-order valence-electron chi connectivity index (χ2n) is 3.97. The molecule has 2 aromatic rings. The minimum atomic E-state index is 0.138. The molecule has 0 aliphatic heterocycles. The van der Waals surface area contributed by atoms with Crippen LogP contribution in [-0.2, 0) is 0 Å². The van der Waals surface area contributed by atoms with Gasteiger partial charge in [0.25, 0.3) is 0 Å². The zero-order chi connectivity index (χ0) is 13.1. The molecule has 1 aromatic heterocycles. The summed E-state index contributed by atoms with van der Waals surface area (Å²) in [4.78, 5) is 2.52. The smallest absolute Gasteiger partial charge is 0.0729 e. The summed E-state index contributed by atoms with van der Waals surface area (Å²) in [6, 6.07) is 10.3. The summed E-state index contributed by atoms with van der Waals surface area (Å²) in [7, 11) is 0. The van der Waals surface area contributed by atoms with Crippen molar-refractivity contribution in [2.45, 2.75) is 13.0 Å². The van der Waals surface area contributed by atoms with Crippen LogP contribution < -0.4 is 11.1 Å². The predicted molar refractivity (Wildman–Crippen MR) is 86.3 cm³/mol. The molecule has 1 heterocycles. The van der Waals surface area contributed by atoms with E-state index in [1.54, 1.807) is 11.3 Å². The first-order chi connectivity index (χ1) is 8.61. The number of anilines is 1. The van der Waals surface area contributed by atoms with Crippen molar-refractivity contribution in [3.63, 3.8) is 0 Å². The van der Waals surface area contributed by atoms with Crippen LogP contribution in [0.2, 0.25) is 0 Å². The number of benzene rings is 1. The molecular weight excluding hydrogens is 376 g/mol. The summed E-state index contributed by atoms with van der Waals surface area (Å²) < 4.78 is 2.20. The third kappa shape index (κ3) is 3.15. The molecule has 0 fully saturated rings. The molecule has 1 unspecified atom stereocenters. The molecule has 0 spiro atoms. The molecule has 18 heavy (non-hydrogen) atoms. The normalized spacial score (nSPS) is 12.4. The Kier molecular flexibility index (Phi) is 4.84. The van der Waals surface area contributed by atoms with Crippen LogP contribution in [0.4, 0.5) is 5.69 Å². The molecule has 2 rings (SSSR count). The van der Waals surface area contributed by atoms with Crippen molar-refractivity contribution in [1.82, 2.24) is 0 Å². The van der Waals surface area contributed by atoms with Gasteiger partial charge in [-0.05, 0) is 57.0 Å². The van der Waals surface area contributed by atoms with Gasteiger partial charge in [0.15, 0.2) is 0 Å². The van der Waals surface area contributed by atoms with Crippen molar-refractivity contribution < 1.29 is 0 Å². The van der Waals surface area contributed by atoms with Gasteiger partial charge < -0.3 is 11.1 Å². The van der Waals surface area contributed by atoms with E-state index in [9.17, 15) is 0 Å². The molecule has 1 aromatic carbocycles. The lowest BCUT2D eigenvalue weighted by molar-refractivity contribution is 0.805. The van der Waals surface area contributed by atoms with Crippen LogP contribution in [0.15, 0.2) is 39.3 Å². The van der Waals surface area contributed by atoms with Crippen LogP contribution in [0.1, 0.15) is 15.8 Å². The SMILES string of the molecule is Cc1sc(C(CN)Nc2ccccc2Br)cc1Br. The monoisotopic (exact) mass is 388 g/mol. The number of aryl methyl sites for hydroxylation is 1. The van der Waals surface area contributed by atoms with E-state index in [2.05, 4.69) is 50.2 Å². The first-order valence-corrected chi connectivity index (χ1v) is 7.99. The Hall–Kier alpha value is -0.360. The van der Waals surface area contributed by atoms with Crippen molar-refractivity contribution in [3.05, 3.63) is 49.0 Å². The van der Waals surface area contributed by atoms with Gasteiger partial charge in [-0.1, -0.05) is 12.1 Å². The van der Waals surface area contributed by atoms with E-state index < -0.39 is 0 Å². The summed E-state index contributed by atoms with van der Waals surface area (Å²) in [5.74, 6) is 0. The average molecular weight is 390 g/mol. The topological polar surface area (TPSA) is 38.0 Å². The van der Waals surface area contributed by atoms with Crippen LogP contribution in [-0.4, -0.2) is 6.54 Å². The summed E-state index contributed by atoms with van der Waals surface area (Å²) in [6.45, 7) is 2.66. The van der Waals surface area contributed by atoms with Gasteiger partial charge in [0.1, 0.15) is 0 Å². The lowest BCUT2D eigenvalue weighted by Crippen LogP contribution is -2.19. The summed E-state index contributed by atoms with van der Waals surface area (Å²) >= 11 is 8.85. The minimum absolute atomic E-state index is 0.138. The van der Waals surface area contributed by atoms with Gasteiger partial charge in [-0.15, -0.1) is 11.3 Å². The first-order valence-electron chi connectivity index (χ1n) is 5.58.